The number of hydrogen-bond donors (Lipinski definition) is 1. The molecule has 2 rings (SSSR count). The highest BCUT2D eigenvalue weighted by Crippen LogP contribution is 2.34. The second-order valence-corrected chi connectivity index (χ2v) is 13.0. The lowest BCUT2D eigenvalue weighted by Gasteiger charge is -2.50. The van der Waals surface area contributed by atoms with Crippen molar-refractivity contribution in [2.75, 3.05) is 43.0 Å². The lowest BCUT2D eigenvalue weighted by molar-refractivity contribution is 0.0589. The molecule has 0 saturated carbocycles. The number of unbranched alkanes of at least 4 members (excludes halogenated alkanes) is 4. The van der Waals surface area contributed by atoms with Gasteiger partial charge < -0.3 is 15.1 Å². The molecule has 220 valence electrons. The highest BCUT2D eigenvalue weighted by atomic mass is 15.4. The summed E-state index contributed by atoms with van der Waals surface area (Å²) in [5, 5.41) is 3.84. The highest BCUT2D eigenvalue weighted by molar-refractivity contribution is 5.40. The molecule has 1 N–H and O–H groups in total. The lowest BCUT2D eigenvalue weighted by atomic mass is 9.79. The third-order valence-electron chi connectivity index (χ3n) is 8.05. The van der Waals surface area contributed by atoms with E-state index in [4.69, 9.17) is 15.0 Å². The SMILES string of the molecule is CCCCN(CCCC)c1nc(C(C)N(C)C2CC(C)(C)NC(C)(C)C2)nc(N(CCCC)CCCC)n1. The monoisotopic (exact) mass is 531 g/mol. The topological polar surface area (TPSA) is 60.4 Å². The van der Waals surface area contributed by atoms with Gasteiger partial charge in [-0.15, -0.1) is 0 Å². The molecule has 1 fully saturated rings. The van der Waals surface area contributed by atoms with E-state index in [1.165, 1.54) is 25.7 Å². The van der Waals surface area contributed by atoms with Gasteiger partial charge in [-0.25, -0.2) is 0 Å². The third-order valence-corrected chi connectivity index (χ3v) is 8.05. The van der Waals surface area contributed by atoms with Gasteiger partial charge in [-0.3, -0.25) is 4.90 Å². The molecule has 1 aliphatic rings. The summed E-state index contributed by atoms with van der Waals surface area (Å²) in [4.78, 5) is 22.9. The Morgan fingerprint density at radius 3 is 1.42 bits per heavy atom. The molecule has 1 aliphatic heterocycles. The van der Waals surface area contributed by atoms with Crippen molar-refractivity contribution >= 4 is 11.9 Å². The van der Waals surface area contributed by atoms with Gasteiger partial charge in [-0.2, -0.15) is 15.0 Å². The summed E-state index contributed by atoms with van der Waals surface area (Å²) in [6, 6.07) is 0.580. The van der Waals surface area contributed by atoms with Crippen LogP contribution in [-0.2, 0) is 0 Å². The average molecular weight is 532 g/mol. The molecule has 1 unspecified atom stereocenters. The normalized spacial score (nSPS) is 18.1. The van der Waals surface area contributed by atoms with E-state index in [0.717, 1.165) is 82.4 Å². The van der Waals surface area contributed by atoms with Gasteiger partial charge in [0.2, 0.25) is 11.9 Å². The van der Waals surface area contributed by atoms with E-state index in [9.17, 15) is 0 Å². The number of nitrogens with zero attached hydrogens (tertiary/aromatic N) is 6. The van der Waals surface area contributed by atoms with Gasteiger partial charge in [0.25, 0.3) is 0 Å². The maximum Gasteiger partial charge on any atom is 0.230 e. The first-order valence-corrected chi connectivity index (χ1v) is 15.7. The summed E-state index contributed by atoms with van der Waals surface area (Å²) in [6.07, 6.45) is 11.5. The molecule has 0 amide bonds. The molecule has 38 heavy (non-hydrogen) atoms. The Morgan fingerprint density at radius 1 is 0.711 bits per heavy atom. The fourth-order valence-electron chi connectivity index (χ4n) is 5.91. The summed E-state index contributed by atoms with van der Waals surface area (Å²) in [6.45, 7) is 24.7. The Labute approximate surface area is 235 Å². The molecule has 0 spiro atoms. The Hall–Kier alpha value is -1.47. The van der Waals surface area contributed by atoms with Crippen molar-refractivity contribution in [2.24, 2.45) is 0 Å². The molecule has 1 saturated heterocycles. The van der Waals surface area contributed by atoms with Gasteiger partial charge in [-0.1, -0.05) is 53.4 Å². The smallest absolute Gasteiger partial charge is 0.230 e. The summed E-state index contributed by atoms with van der Waals surface area (Å²) < 4.78 is 0. The van der Waals surface area contributed by atoms with Crippen molar-refractivity contribution < 1.29 is 0 Å². The second kappa shape index (κ2) is 15.4. The number of anilines is 2. The van der Waals surface area contributed by atoms with Crippen LogP contribution < -0.4 is 15.1 Å². The van der Waals surface area contributed by atoms with E-state index in [1.54, 1.807) is 0 Å². The lowest BCUT2D eigenvalue weighted by Crippen LogP contribution is -2.62. The van der Waals surface area contributed by atoms with Crippen LogP contribution in [0.1, 0.15) is 138 Å². The first-order valence-electron chi connectivity index (χ1n) is 15.7. The van der Waals surface area contributed by atoms with Crippen LogP contribution in [0.3, 0.4) is 0 Å². The van der Waals surface area contributed by atoms with Crippen LogP contribution in [0.4, 0.5) is 11.9 Å². The molecule has 7 heteroatoms. The molecular weight excluding hydrogens is 470 g/mol. The Bertz CT molecular complexity index is 739. The molecule has 2 heterocycles. The summed E-state index contributed by atoms with van der Waals surface area (Å²) in [7, 11) is 2.27. The molecule has 7 nitrogen and oxygen atoms in total. The zero-order chi connectivity index (χ0) is 28.3. The van der Waals surface area contributed by atoms with Crippen LogP contribution in [0.2, 0.25) is 0 Å². The number of nitrogens with one attached hydrogen (secondary N) is 1. The largest absolute Gasteiger partial charge is 0.341 e. The van der Waals surface area contributed by atoms with Gasteiger partial charge >= 0.3 is 0 Å². The van der Waals surface area contributed by atoms with E-state index in [0.29, 0.717) is 6.04 Å². The van der Waals surface area contributed by atoms with Gasteiger partial charge in [0.1, 0.15) is 0 Å². The Morgan fingerprint density at radius 2 is 1.08 bits per heavy atom. The molecular formula is C31H61N7. The predicted octanol–water partition coefficient (Wildman–Crippen LogP) is 6.99. The van der Waals surface area contributed by atoms with Crippen LogP contribution in [-0.4, -0.2) is 70.2 Å². The first kappa shape index (κ1) is 32.7. The van der Waals surface area contributed by atoms with Gasteiger partial charge in [-0.05, 0) is 80.2 Å². The maximum absolute atomic E-state index is 5.19. The minimum atomic E-state index is 0.101. The third kappa shape index (κ3) is 9.93. The standard InChI is InChI=1S/C31H61N7/c1-11-15-19-37(20-16-12-2)28-32-27(33-29(34-28)38(21-17-13-3)22-18-14-4)25(5)36(10)26-23-30(6,7)35-31(8,9)24-26/h25-26,35H,11-24H2,1-10H3. The Balaban J connectivity index is 2.49. The van der Waals surface area contributed by atoms with Gasteiger partial charge in [0.15, 0.2) is 5.82 Å². The van der Waals surface area contributed by atoms with Crippen molar-refractivity contribution in [3.63, 3.8) is 0 Å². The van der Waals surface area contributed by atoms with Crippen molar-refractivity contribution in [1.82, 2.24) is 25.2 Å². The van der Waals surface area contributed by atoms with Gasteiger partial charge in [0.05, 0.1) is 6.04 Å². The number of rotatable bonds is 17. The molecule has 1 aromatic heterocycles. The molecule has 0 aromatic carbocycles. The van der Waals surface area contributed by atoms with Gasteiger partial charge in [0, 0.05) is 43.3 Å². The second-order valence-electron chi connectivity index (χ2n) is 13.0. The molecule has 1 aromatic rings. The van der Waals surface area contributed by atoms with Crippen LogP contribution in [0.5, 0.6) is 0 Å². The van der Waals surface area contributed by atoms with Crippen molar-refractivity contribution in [2.45, 2.75) is 150 Å². The molecule has 1 atom stereocenters. The van der Waals surface area contributed by atoms with E-state index in [2.05, 4.69) is 89.4 Å². The number of hydrogen-bond acceptors (Lipinski definition) is 7. The zero-order valence-corrected chi connectivity index (χ0v) is 26.7. The predicted molar refractivity (Wildman–Crippen MR) is 164 cm³/mol. The van der Waals surface area contributed by atoms with E-state index >= 15 is 0 Å². The quantitative estimate of drug-likeness (QED) is 0.232. The van der Waals surface area contributed by atoms with Crippen molar-refractivity contribution in [1.29, 1.82) is 0 Å². The summed E-state index contributed by atoms with van der Waals surface area (Å²) in [5.41, 5.74) is 0.202. The first-order chi connectivity index (χ1) is 18.0. The van der Waals surface area contributed by atoms with E-state index in [1.807, 2.05) is 0 Å². The average Bonchev–Trinajstić information content (AvgIpc) is 2.86. The zero-order valence-electron chi connectivity index (χ0n) is 26.7. The molecule has 0 aliphatic carbocycles. The fraction of sp³-hybridized carbons (Fsp3) is 0.903. The van der Waals surface area contributed by atoms with Crippen LogP contribution in [0.15, 0.2) is 0 Å². The molecule has 0 bridgehead atoms. The van der Waals surface area contributed by atoms with E-state index < -0.39 is 0 Å². The summed E-state index contributed by atoms with van der Waals surface area (Å²) in [5.74, 6) is 2.66. The minimum absolute atomic E-state index is 0.101. The van der Waals surface area contributed by atoms with Crippen LogP contribution in [0, 0.1) is 0 Å². The fourth-order valence-corrected chi connectivity index (χ4v) is 5.91. The van der Waals surface area contributed by atoms with Crippen molar-refractivity contribution in [3.05, 3.63) is 5.82 Å². The van der Waals surface area contributed by atoms with Crippen molar-refractivity contribution in [3.8, 4) is 0 Å². The number of aromatic nitrogens is 3. The minimum Gasteiger partial charge on any atom is -0.341 e. The van der Waals surface area contributed by atoms with E-state index in [-0.39, 0.29) is 17.1 Å². The van der Waals surface area contributed by atoms with Crippen LogP contribution in [0.25, 0.3) is 0 Å². The molecule has 0 radical (unpaired) electrons. The maximum atomic E-state index is 5.19. The van der Waals surface area contributed by atoms with Crippen LogP contribution >= 0.6 is 0 Å². The number of piperidine rings is 1. The highest BCUT2D eigenvalue weighted by Gasteiger charge is 2.40. The Kier molecular flexibility index (Phi) is 13.2. The summed E-state index contributed by atoms with van der Waals surface area (Å²) >= 11 is 0.